The molecule has 26 heavy (non-hydrogen) atoms. The van der Waals surface area contributed by atoms with Crippen LogP contribution in [0.1, 0.15) is 0 Å². The second kappa shape index (κ2) is 7.65. The van der Waals surface area contributed by atoms with Crippen LogP contribution in [0, 0.1) is 0 Å². The van der Waals surface area contributed by atoms with E-state index in [1.807, 2.05) is 0 Å². The van der Waals surface area contributed by atoms with E-state index in [4.69, 9.17) is 0 Å². The molecule has 0 unspecified atom stereocenters. The smallest absolute Gasteiger partial charge is 0.404 e. The van der Waals surface area contributed by atoms with Gasteiger partial charge in [0.05, 0.1) is 17.1 Å². The molecule has 0 fully saturated rings. The van der Waals surface area contributed by atoms with Gasteiger partial charge in [-0.2, -0.15) is 0 Å². The second-order valence-corrected chi connectivity index (χ2v) is 7.26. The highest BCUT2D eigenvalue weighted by Gasteiger charge is 2.32. The standard InChI is InChI=1S/C16H15F3N2O4S/c1-26(23,24)12-8-6-11(7-9-12)21-15(22)10-20-13-4-2-3-5-14(13)25-16(17,18)19/h2-9,20H,10H2,1H3,(H,21,22). The van der Waals surface area contributed by atoms with Crippen LogP contribution in [0.5, 0.6) is 5.75 Å². The molecule has 0 aliphatic heterocycles. The summed E-state index contributed by atoms with van der Waals surface area (Å²) in [7, 11) is -3.34. The third kappa shape index (κ3) is 5.96. The molecule has 0 aromatic heterocycles. The molecule has 0 aliphatic rings. The lowest BCUT2D eigenvalue weighted by atomic mass is 10.3. The number of benzene rings is 2. The van der Waals surface area contributed by atoms with E-state index >= 15 is 0 Å². The Hall–Kier alpha value is -2.75. The van der Waals surface area contributed by atoms with Crippen LogP contribution in [0.15, 0.2) is 53.4 Å². The maximum atomic E-state index is 12.4. The van der Waals surface area contributed by atoms with Crippen molar-refractivity contribution in [1.29, 1.82) is 0 Å². The molecule has 0 bridgehead atoms. The van der Waals surface area contributed by atoms with E-state index in [1.165, 1.54) is 42.5 Å². The van der Waals surface area contributed by atoms with Gasteiger partial charge >= 0.3 is 6.36 Å². The Morgan fingerprint density at radius 1 is 1.08 bits per heavy atom. The first kappa shape index (κ1) is 19.6. The fourth-order valence-corrected chi connectivity index (χ4v) is 2.62. The average molecular weight is 388 g/mol. The highest BCUT2D eigenvalue weighted by Crippen LogP contribution is 2.29. The molecule has 0 saturated carbocycles. The summed E-state index contributed by atoms with van der Waals surface area (Å²) in [5, 5.41) is 5.06. The number of nitrogens with one attached hydrogen (secondary N) is 2. The minimum atomic E-state index is -4.85. The number of anilines is 2. The predicted octanol–water partition coefficient (Wildman–Crippen LogP) is 3.04. The Morgan fingerprint density at radius 3 is 2.27 bits per heavy atom. The zero-order valence-electron chi connectivity index (χ0n) is 13.5. The third-order valence-corrected chi connectivity index (χ3v) is 4.25. The number of ether oxygens (including phenoxy) is 1. The van der Waals surface area contributed by atoms with Gasteiger partial charge in [0.1, 0.15) is 0 Å². The number of amides is 1. The molecule has 2 aromatic carbocycles. The van der Waals surface area contributed by atoms with E-state index in [1.54, 1.807) is 0 Å². The van der Waals surface area contributed by atoms with E-state index in [0.717, 1.165) is 12.3 Å². The lowest BCUT2D eigenvalue weighted by molar-refractivity contribution is -0.274. The summed E-state index contributed by atoms with van der Waals surface area (Å²) < 4.78 is 63.7. The Labute approximate surface area is 147 Å². The first-order valence-electron chi connectivity index (χ1n) is 7.23. The van der Waals surface area contributed by atoms with Gasteiger partial charge in [0, 0.05) is 11.9 Å². The van der Waals surface area contributed by atoms with Crippen molar-refractivity contribution in [2.75, 3.05) is 23.4 Å². The summed E-state index contributed by atoms with van der Waals surface area (Å²) in [5.41, 5.74) is 0.358. The van der Waals surface area contributed by atoms with Gasteiger partial charge in [0.2, 0.25) is 5.91 Å². The molecular formula is C16H15F3N2O4S. The van der Waals surface area contributed by atoms with Gasteiger partial charge in [-0.15, -0.1) is 13.2 Å². The van der Waals surface area contributed by atoms with E-state index < -0.39 is 27.9 Å². The quantitative estimate of drug-likeness (QED) is 0.795. The molecule has 2 aromatic rings. The lowest BCUT2D eigenvalue weighted by Crippen LogP contribution is -2.23. The summed E-state index contributed by atoms with van der Waals surface area (Å²) in [4.78, 5) is 12.0. The Bertz CT molecular complexity index is 881. The van der Waals surface area contributed by atoms with Gasteiger partial charge in [-0.05, 0) is 36.4 Å². The van der Waals surface area contributed by atoms with Crippen LogP contribution in [-0.2, 0) is 14.6 Å². The molecule has 0 atom stereocenters. The van der Waals surface area contributed by atoms with Crippen molar-refractivity contribution in [1.82, 2.24) is 0 Å². The number of sulfone groups is 1. The number of hydrogen-bond donors (Lipinski definition) is 2. The minimum absolute atomic E-state index is 0.00685. The Morgan fingerprint density at radius 2 is 1.69 bits per heavy atom. The van der Waals surface area contributed by atoms with Crippen molar-refractivity contribution in [3.8, 4) is 5.75 Å². The van der Waals surface area contributed by atoms with E-state index in [0.29, 0.717) is 5.69 Å². The summed E-state index contributed by atoms with van der Waals surface area (Å²) in [6, 6.07) is 10.8. The first-order valence-corrected chi connectivity index (χ1v) is 9.12. The maximum Gasteiger partial charge on any atom is 0.573 e. The molecule has 10 heteroatoms. The molecular weight excluding hydrogens is 373 g/mol. The average Bonchev–Trinajstić information content (AvgIpc) is 2.52. The normalized spacial score (nSPS) is 11.7. The van der Waals surface area contributed by atoms with Crippen LogP contribution < -0.4 is 15.4 Å². The van der Waals surface area contributed by atoms with Crippen molar-refractivity contribution in [2.24, 2.45) is 0 Å². The van der Waals surface area contributed by atoms with Crippen LogP contribution >= 0.6 is 0 Å². The molecule has 6 nitrogen and oxygen atoms in total. The fourth-order valence-electron chi connectivity index (χ4n) is 1.99. The van der Waals surface area contributed by atoms with Crippen molar-refractivity contribution >= 4 is 27.1 Å². The van der Waals surface area contributed by atoms with Gasteiger partial charge in [0.15, 0.2) is 15.6 Å². The van der Waals surface area contributed by atoms with Crippen LogP contribution in [-0.4, -0.2) is 33.5 Å². The Balaban J connectivity index is 1.97. The zero-order valence-corrected chi connectivity index (χ0v) is 14.3. The molecule has 2 rings (SSSR count). The molecule has 0 heterocycles. The van der Waals surface area contributed by atoms with Crippen LogP contribution in [0.25, 0.3) is 0 Å². The highest BCUT2D eigenvalue weighted by atomic mass is 32.2. The number of hydrogen-bond acceptors (Lipinski definition) is 5. The summed E-state index contributed by atoms with van der Waals surface area (Å²) in [5.74, 6) is -0.982. The summed E-state index contributed by atoms with van der Waals surface area (Å²) in [6.45, 7) is -0.313. The minimum Gasteiger partial charge on any atom is -0.404 e. The van der Waals surface area contributed by atoms with Gasteiger partial charge in [-0.1, -0.05) is 12.1 Å². The summed E-state index contributed by atoms with van der Waals surface area (Å²) >= 11 is 0. The van der Waals surface area contributed by atoms with E-state index in [2.05, 4.69) is 15.4 Å². The molecule has 0 radical (unpaired) electrons. The van der Waals surface area contributed by atoms with Crippen LogP contribution in [0.4, 0.5) is 24.5 Å². The summed E-state index contributed by atoms with van der Waals surface area (Å²) in [6.07, 6.45) is -3.79. The third-order valence-electron chi connectivity index (χ3n) is 3.12. The second-order valence-electron chi connectivity index (χ2n) is 5.24. The molecule has 0 saturated heterocycles. The van der Waals surface area contributed by atoms with E-state index in [-0.39, 0.29) is 17.1 Å². The lowest BCUT2D eigenvalue weighted by Gasteiger charge is -2.14. The molecule has 1 amide bonds. The number of alkyl halides is 3. The molecule has 2 N–H and O–H groups in total. The molecule has 0 spiro atoms. The predicted molar refractivity (Wildman–Crippen MR) is 89.8 cm³/mol. The number of rotatable bonds is 6. The maximum absolute atomic E-state index is 12.4. The van der Waals surface area contributed by atoms with Crippen LogP contribution in [0.3, 0.4) is 0 Å². The fraction of sp³-hybridized carbons (Fsp3) is 0.188. The zero-order chi connectivity index (χ0) is 19.4. The first-order chi connectivity index (χ1) is 12.0. The van der Waals surface area contributed by atoms with E-state index in [9.17, 15) is 26.4 Å². The largest absolute Gasteiger partial charge is 0.573 e. The number of halogens is 3. The Kier molecular flexibility index (Phi) is 5.76. The van der Waals surface area contributed by atoms with Gasteiger partial charge < -0.3 is 15.4 Å². The molecule has 0 aliphatic carbocycles. The number of carbonyl (C=O) groups is 1. The number of para-hydroxylation sites is 2. The van der Waals surface area contributed by atoms with Crippen molar-refractivity contribution in [2.45, 2.75) is 11.3 Å². The highest BCUT2D eigenvalue weighted by molar-refractivity contribution is 7.90. The monoisotopic (exact) mass is 388 g/mol. The van der Waals surface area contributed by atoms with Gasteiger partial charge in [-0.25, -0.2) is 8.42 Å². The van der Waals surface area contributed by atoms with Crippen molar-refractivity contribution in [3.63, 3.8) is 0 Å². The van der Waals surface area contributed by atoms with Crippen LogP contribution in [0.2, 0.25) is 0 Å². The van der Waals surface area contributed by atoms with Crippen molar-refractivity contribution in [3.05, 3.63) is 48.5 Å². The molecule has 140 valence electrons. The SMILES string of the molecule is CS(=O)(=O)c1ccc(NC(=O)CNc2ccccc2OC(F)(F)F)cc1. The van der Waals surface area contributed by atoms with Gasteiger partial charge in [0.25, 0.3) is 0 Å². The number of carbonyl (C=O) groups excluding carboxylic acids is 1. The van der Waals surface area contributed by atoms with Gasteiger partial charge in [-0.3, -0.25) is 4.79 Å². The van der Waals surface area contributed by atoms with Crippen molar-refractivity contribution < 1.29 is 31.1 Å². The topological polar surface area (TPSA) is 84.5 Å².